The maximum atomic E-state index is 6.18. The summed E-state index contributed by atoms with van der Waals surface area (Å²) >= 11 is 9.54. The summed E-state index contributed by atoms with van der Waals surface area (Å²) in [4.78, 5) is 6.54. The van der Waals surface area contributed by atoms with Crippen LogP contribution in [-0.4, -0.2) is 18.6 Å². The van der Waals surface area contributed by atoms with Crippen molar-refractivity contribution >= 4 is 33.3 Å². The predicted molar refractivity (Wildman–Crippen MR) is 72.2 cm³/mol. The number of rotatable bonds is 3. The highest BCUT2D eigenvalue weighted by Crippen LogP contribution is 2.29. The minimum Gasteiger partial charge on any atom is -0.358 e. The van der Waals surface area contributed by atoms with Crippen LogP contribution in [0.25, 0.3) is 0 Å². The maximum Gasteiger partial charge on any atom is 0.147 e. The van der Waals surface area contributed by atoms with Crippen molar-refractivity contribution < 1.29 is 0 Å². The van der Waals surface area contributed by atoms with Crippen molar-refractivity contribution in [2.24, 2.45) is 5.92 Å². The Morgan fingerprint density at radius 1 is 1.50 bits per heavy atom. The topological polar surface area (TPSA) is 16.1 Å². The Labute approximate surface area is 110 Å². The van der Waals surface area contributed by atoms with Gasteiger partial charge in [0.2, 0.25) is 0 Å². The summed E-state index contributed by atoms with van der Waals surface area (Å²) in [6.07, 6.45) is 7.24. The Morgan fingerprint density at radius 3 is 2.81 bits per heavy atom. The van der Waals surface area contributed by atoms with Crippen LogP contribution >= 0.6 is 27.5 Å². The van der Waals surface area contributed by atoms with Gasteiger partial charge in [0, 0.05) is 24.3 Å². The zero-order valence-corrected chi connectivity index (χ0v) is 11.8. The zero-order chi connectivity index (χ0) is 11.5. The Morgan fingerprint density at radius 2 is 2.19 bits per heavy atom. The van der Waals surface area contributed by atoms with Crippen LogP contribution in [0.4, 0.5) is 5.82 Å². The lowest BCUT2D eigenvalue weighted by Crippen LogP contribution is -2.25. The average Bonchev–Trinajstić information content (AvgIpc) is 2.70. The molecule has 2 rings (SSSR count). The van der Waals surface area contributed by atoms with E-state index in [1.165, 1.54) is 25.7 Å². The van der Waals surface area contributed by atoms with E-state index >= 15 is 0 Å². The zero-order valence-electron chi connectivity index (χ0n) is 9.42. The molecular formula is C12H16BrClN2. The van der Waals surface area contributed by atoms with Gasteiger partial charge in [-0.2, -0.15) is 0 Å². The van der Waals surface area contributed by atoms with E-state index in [-0.39, 0.29) is 0 Å². The number of aromatic nitrogens is 1. The Kier molecular flexibility index (Phi) is 4.09. The molecule has 1 aromatic rings. The molecule has 1 aliphatic carbocycles. The van der Waals surface area contributed by atoms with E-state index in [9.17, 15) is 0 Å². The summed E-state index contributed by atoms with van der Waals surface area (Å²) in [6.45, 7) is 1.06. The highest BCUT2D eigenvalue weighted by atomic mass is 79.9. The second-order valence-corrected chi connectivity index (χ2v) is 5.81. The van der Waals surface area contributed by atoms with Crippen LogP contribution in [0.2, 0.25) is 5.02 Å². The fourth-order valence-corrected chi connectivity index (χ4v) is 3.13. The van der Waals surface area contributed by atoms with Gasteiger partial charge in [-0.05, 0) is 40.8 Å². The molecule has 1 heterocycles. The molecule has 2 nitrogen and oxygen atoms in total. The molecule has 1 aromatic heterocycles. The molecule has 88 valence electrons. The molecule has 1 aliphatic rings. The number of anilines is 1. The van der Waals surface area contributed by atoms with E-state index in [4.69, 9.17) is 11.6 Å². The molecule has 0 aliphatic heterocycles. The van der Waals surface area contributed by atoms with Crippen LogP contribution < -0.4 is 4.90 Å². The smallest absolute Gasteiger partial charge is 0.147 e. The van der Waals surface area contributed by atoms with Crippen molar-refractivity contribution in [3.05, 3.63) is 21.8 Å². The van der Waals surface area contributed by atoms with Gasteiger partial charge in [-0.15, -0.1) is 0 Å². The highest BCUT2D eigenvalue weighted by Gasteiger charge is 2.18. The lowest BCUT2D eigenvalue weighted by molar-refractivity contribution is 0.545. The van der Waals surface area contributed by atoms with Crippen molar-refractivity contribution in [1.82, 2.24) is 4.98 Å². The lowest BCUT2D eigenvalue weighted by atomic mass is 10.1. The summed E-state index contributed by atoms with van der Waals surface area (Å²) in [5, 5.41) is 0.717. The molecule has 0 unspecified atom stereocenters. The van der Waals surface area contributed by atoms with E-state index in [0.29, 0.717) is 0 Å². The summed E-state index contributed by atoms with van der Waals surface area (Å²) in [7, 11) is 2.07. The van der Waals surface area contributed by atoms with Gasteiger partial charge in [-0.1, -0.05) is 24.4 Å². The fraction of sp³-hybridized carbons (Fsp3) is 0.583. The monoisotopic (exact) mass is 302 g/mol. The summed E-state index contributed by atoms with van der Waals surface area (Å²) in [6, 6.07) is 1.90. The largest absolute Gasteiger partial charge is 0.358 e. The third-order valence-electron chi connectivity index (χ3n) is 3.16. The molecule has 16 heavy (non-hydrogen) atoms. The van der Waals surface area contributed by atoms with Crippen molar-refractivity contribution in [2.75, 3.05) is 18.5 Å². The van der Waals surface area contributed by atoms with E-state index in [0.717, 1.165) is 27.8 Å². The van der Waals surface area contributed by atoms with Crippen molar-refractivity contribution in [2.45, 2.75) is 25.7 Å². The fourth-order valence-electron chi connectivity index (χ4n) is 2.35. The van der Waals surface area contributed by atoms with Crippen LogP contribution in [0.15, 0.2) is 16.7 Å². The predicted octanol–water partition coefficient (Wildman–Crippen LogP) is 4.12. The Bertz CT molecular complexity index is 364. The first-order valence-electron chi connectivity index (χ1n) is 5.69. The Balaban J connectivity index is 2.04. The molecule has 0 radical (unpaired) electrons. The summed E-state index contributed by atoms with van der Waals surface area (Å²) in [5.74, 6) is 1.70. The van der Waals surface area contributed by atoms with Crippen LogP contribution in [-0.2, 0) is 0 Å². The van der Waals surface area contributed by atoms with Gasteiger partial charge in [0.1, 0.15) is 5.82 Å². The van der Waals surface area contributed by atoms with Crippen molar-refractivity contribution in [3.63, 3.8) is 0 Å². The van der Waals surface area contributed by atoms with Crippen LogP contribution in [0.3, 0.4) is 0 Å². The highest BCUT2D eigenvalue weighted by molar-refractivity contribution is 9.10. The molecule has 0 N–H and O–H groups in total. The Hall–Kier alpha value is -0.280. The molecule has 4 heteroatoms. The van der Waals surface area contributed by atoms with E-state index in [1.807, 2.05) is 6.07 Å². The molecule has 0 amide bonds. The number of hydrogen-bond acceptors (Lipinski definition) is 2. The van der Waals surface area contributed by atoms with Crippen LogP contribution in [0, 0.1) is 5.92 Å². The molecule has 0 bridgehead atoms. The van der Waals surface area contributed by atoms with E-state index in [1.54, 1.807) is 6.20 Å². The summed E-state index contributed by atoms with van der Waals surface area (Å²) in [5.41, 5.74) is 0. The van der Waals surface area contributed by atoms with Gasteiger partial charge in [0.15, 0.2) is 0 Å². The van der Waals surface area contributed by atoms with E-state index < -0.39 is 0 Å². The van der Waals surface area contributed by atoms with Crippen LogP contribution in [0.5, 0.6) is 0 Å². The third kappa shape index (κ3) is 2.89. The minimum absolute atomic E-state index is 0.717. The van der Waals surface area contributed by atoms with Gasteiger partial charge in [-0.25, -0.2) is 4.98 Å². The van der Waals surface area contributed by atoms with Gasteiger partial charge in [0.05, 0.1) is 5.02 Å². The SMILES string of the molecule is CN(CC1CCCC1)c1ncc(Br)cc1Cl. The standard InChI is InChI=1S/C12H16BrClN2/c1-16(8-9-4-2-3-5-9)12-11(14)6-10(13)7-15-12/h6-7,9H,2-5,8H2,1H3. The first kappa shape index (κ1) is 12.2. The third-order valence-corrected chi connectivity index (χ3v) is 3.87. The summed E-state index contributed by atoms with van der Waals surface area (Å²) < 4.78 is 0.926. The normalized spacial score (nSPS) is 16.7. The number of nitrogens with zero attached hydrogens (tertiary/aromatic N) is 2. The second-order valence-electron chi connectivity index (χ2n) is 4.49. The maximum absolute atomic E-state index is 6.18. The van der Waals surface area contributed by atoms with Crippen molar-refractivity contribution in [1.29, 1.82) is 0 Å². The van der Waals surface area contributed by atoms with Gasteiger partial charge < -0.3 is 4.90 Å². The molecule has 0 atom stereocenters. The molecule has 1 fully saturated rings. The van der Waals surface area contributed by atoms with Gasteiger partial charge in [0.25, 0.3) is 0 Å². The molecule has 0 spiro atoms. The second kappa shape index (κ2) is 5.37. The van der Waals surface area contributed by atoms with E-state index in [2.05, 4.69) is 32.9 Å². The number of pyridine rings is 1. The molecule has 1 saturated carbocycles. The van der Waals surface area contributed by atoms with Gasteiger partial charge in [-0.3, -0.25) is 0 Å². The van der Waals surface area contributed by atoms with Gasteiger partial charge >= 0.3 is 0 Å². The quantitative estimate of drug-likeness (QED) is 0.835. The molecule has 0 aromatic carbocycles. The van der Waals surface area contributed by atoms with Crippen molar-refractivity contribution in [3.8, 4) is 0 Å². The first-order valence-corrected chi connectivity index (χ1v) is 6.86. The number of halogens is 2. The average molecular weight is 304 g/mol. The molecule has 0 saturated heterocycles. The molecular weight excluding hydrogens is 288 g/mol. The minimum atomic E-state index is 0.717. The number of hydrogen-bond donors (Lipinski definition) is 0. The first-order chi connectivity index (χ1) is 7.66. The van der Waals surface area contributed by atoms with Crippen LogP contribution in [0.1, 0.15) is 25.7 Å². The lowest BCUT2D eigenvalue weighted by Gasteiger charge is -2.22.